The lowest BCUT2D eigenvalue weighted by molar-refractivity contribution is -0.124. The van der Waals surface area contributed by atoms with Gasteiger partial charge in [0.2, 0.25) is 11.8 Å². The molecule has 0 aromatic heterocycles. The van der Waals surface area contributed by atoms with Crippen LogP contribution >= 0.6 is 15.9 Å². The summed E-state index contributed by atoms with van der Waals surface area (Å²) in [5, 5.41) is 5.16. The summed E-state index contributed by atoms with van der Waals surface area (Å²) in [6.07, 6.45) is 1.07. The third kappa shape index (κ3) is 7.03. The molecule has 8 nitrogen and oxygen atoms in total. The maximum absolute atomic E-state index is 12.8. The zero-order chi connectivity index (χ0) is 22.1. The molecular weight excluding hydrogens is 474 g/mol. The van der Waals surface area contributed by atoms with Gasteiger partial charge in [0.1, 0.15) is 10.6 Å². The summed E-state index contributed by atoms with van der Waals surface area (Å²) >= 11 is 3.27. The van der Waals surface area contributed by atoms with E-state index in [-0.39, 0.29) is 29.0 Å². The van der Waals surface area contributed by atoms with Crippen molar-refractivity contribution in [3.63, 3.8) is 0 Å². The SMILES string of the molecule is CCCC(=O)NCC(=O)Nc1ccc(NS(=O)(=O)c2cc(Br)ccc2OCC)cc1. The van der Waals surface area contributed by atoms with Crippen LogP contribution in [0.15, 0.2) is 51.8 Å². The lowest BCUT2D eigenvalue weighted by Crippen LogP contribution is -2.32. The van der Waals surface area contributed by atoms with Crippen molar-refractivity contribution in [2.24, 2.45) is 0 Å². The molecule has 0 heterocycles. The molecule has 0 saturated heterocycles. The van der Waals surface area contributed by atoms with E-state index in [1.165, 1.54) is 18.2 Å². The van der Waals surface area contributed by atoms with Crippen LogP contribution in [0.1, 0.15) is 26.7 Å². The van der Waals surface area contributed by atoms with Gasteiger partial charge in [0, 0.05) is 22.3 Å². The number of hydrogen-bond acceptors (Lipinski definition) is 5. The summed E-state index contributed by atoms with van der Waals surface area (Å²) < 4.78 is 34.1. The lowest BCUT2D eigenvalue weighted by Gasteiger charge is -2.13. The van der Waals surface area contributed by atoms with Crippen LogP contribution in [0.25, 0.3) is 0 Å². The van der Waals surface area contributed by atoms with Gasteiger partial charge in [0.05, 0.1) is 13.2 Å². The van der Waals surface area contributed by atoms with Crippen molar-refractivity contribution in [3.05, 3.63) is 46.9 Å². The molecule has 30 heavy (non-hydrogen) atoms. The minimum absolute atomic E-state index is 0.0129. The molecule has 2 amide bonds. The number of carbonyl (C=O) groups is 2. The molecule has 2 aromatic rings. The highest BCUT2D eigenvalue weighted by molar-refractivity contribution is 9.10. The fraction of sp³-hybridized carbons (Fsp3) is 0.300. The van der Waals surface area contributed by atoms with Crippen LogP contribution in [0.5, 0.6) is 5.75 Å². The molecule has 3 N–H and O–H groups in total. The Labute approximate surface area is 184 Å². The predicted octanol–water partition coefficient (Wildman–Crippen LogP) is 3.50. The van der Waals surface area contributed by atoms with E-state index in [9.17, 15) is 18.0 Å². The third-order valence-corrected chi connectivity index (χ3v) is 5.73. The molecular formula is C20H24BrN3O5S. The van der Waals surface area contributed by atoms with E-state index < -0.39 is 10.0 Å². The number of anilines is 2. The van der Waals surface area contributed by atoms with E-state index >= 15 is 0 Å². The molecule has 2 aromatic carbocycles. The average Bonchev–Trinajstić information content (AvgIpc) is 2.69. The molecule has 0 aliphatic carbocycles. The summed E-state index contributed by atoms with van der Waals surface area (Å²) in [6, 6.07) is 10.9. The highest BCUT2D eigenvalue weighted by atomic mass is 79.9. The summed E-state index contributed by atoms with van der Waals surface area (Å²) in [7, 11) is -3.89. The molecule has 162 valence electrons. The number of ether oxygens (including phenoxy) is 1. The summed E-state index contributed by atoms with van der Waals surface area (Å²) in [5.41, 5.74) is 0.803. The molecule has 0 saturated carbocycles. The third-order valence-electron chi connectivity index (χ3n) is 3.84. The second kappa shape index (κ2) is 11.0. The predicted molar refractivity (Wildman–Crippen MR) is 119 cm³/mol. The quantitative estimate of drug-likeness (QED) is 0.464. The van der Waals surface area contributed by atoms with Crippen LogP contribution in [-0.2, 0) is 19.6 Å². The first kappa shape index (κ1) is 23.7. The van der Waals surface area contributed by atoms with Gasteiger partial charge < -0.3 is 15.4 Å². The van der Waals surface area contributed by atoms with E-state index in [0.29, 0.717) is 35.3 Å². The highest BCUT2D eigenvalue weighted by Gasteiger charge is 2.20. The fourth-order valence-corrected chi connectivity index (χ4v) is 4.24. The second-order valence-corrected chi connectivity index (χ2v) is 8.85. The fourth-order valence-electron chi connectivity index (χ4n) is 2.50. The van der Waals surface area contributed by atoms with Crippen LogP contribution in [0.4, 0.5) is 11.4 Å². The number of nitrogens with one attached hydrogen (secondary N) is 3. The van der Waals surface area contributed by atoms with Gasteiger partial charge in [-0.2, -0.15) is 0 Å². The number of sulfonamides is 1. The maximum Gasteiger partial charge on any atom is 0.265 e. The first-order valence-electron chi connectivity index (χ1n) is 9.37. The zero-order valence-electron chi connectivity index (χ0n) is 16.7. The number of carbonyl (C=O) groups excluding carboxylic acids is 2. The van der Waals surface area contributed by atoms with E-state index in [1.54, 1.807) is 31.2 Å². The van der Waals surface area contributed by atoms with Crippen molar-refractivity contribution < 1.29 is 22.7 Å². The maximum atomic E-state index is 12.8. The Morgan fingerprint density at radius 3 is 2.30 bits per heavy atom. The van der Waals surface area contributed by atoms with Crippen LogP contribution in [0.2, 0.25) is 0 Å². The molecule has 10 heteroatoms. The van der Waals surface area contributed by atoms with Crippen LogP contribution < -0.4 is 20.1 Å². The largest absolute Gasteiger partial charge is 0.492 e. The Balaban J connectivity index is 2.04. The Kier molecular flexibility index (Phi) is 8.67. The standard InChI is InChI=1S/C20H24BrN3O5S/c1-3-5-19(25)22-13-20(26)23-15-7-9-16(10-8-15)24-30(27,28)18-12-14(21)6-11-17(18)29-4-2/h6-12,24H,3-5,13H2,1-2H3,(H,22,25)(H,23,26). The lowest BCUT2D eigenvalue weighted by atomic mass is 10.3. The summed E-state index contributed by atoms with van der Waals surface area (Å²) in [5.74, 6) is -0.304. The van der Waals surface area contributed by atoms with Crippen molar-refractivity contribution in [2.75, 3.05) is 23.2 Å². The number of amides is 2. The average molecular weight is 498 g/mol. The van der Waals surface area contributed by atoms with Gasteiger partial charge in [0.25, 0.3) is 10.0 Å². The first-order chi connectivity index (χ1) is 14.2. The summed E-state index contributed by atoms with van der Waals surface area (Å²) in [4.78, 5) is 23.3. The minimum atomic E-state index is -3.89. The minimum Gasteiger partial charge on any atom is -0.492 e. The van der Waals surface area contributed by atoms with Crippen molar-refractivity contribution in [2.45, 2.75) is 31.6 Å². The smallest absolute Gasteiger partial charge is 0.265 e. The molecule has 0 radical (unpaired) electrons. The van der Waals surface area contributed by atoms with E-state index in [2.05, 4.69) is 31.3 Å². The second-order valence-electron chi connectivity index (χ2n) is 6.28. The number of rotatable bonds is 10. The number of benzene rings is 2. The highest BCUT2D eigenvalue weighted by Crippen LogP contribution is 2.29. The molecule has 2 rings (SSSR count). The molecule has 0 spiro atoms. The van der Waals surface area contributed by atoms with Gasteiger partial charge >= 0.3 is 0 Å². The molecule has 0 aliphatic heterocycles. The van der Waals surface area contributed by atoms with Gasteiger partial charge in [-0.3, -0.25) is 14.3 Å². The molecule has 0 aliphatic rings. The van der Waals surface area contributed by atoms with E-state index in [0.717, 1.165) is 0 Å². The van der Waals surface area contributed by atoms with Gasteiger partial charge in [-0.05, 0) is 55.8 Å². The van der Waals surface area contributed by atoms with Crippen molar-refractivity contribution in [1.29, 1.82) is 0 Å². The Hall–Kier alpha value is -2.59. The monoisotopic (exact) mass is 497 g/mol. The van der Waals surface area contributed by atoms with Crippen molar-refractivity contribution in [3.8, 4) is 5.75 Å². The van der Waals surface area contributed by atoms with Gasteiger partial charge in [-0.15, -0.1) is 0 Å². The van der Waals surface area contributed by atoms with E-state index in [4.69, 9.17) is 4.74 Å². The molecule has 0 bridgehead atoms. The van der Waals surface area contributed by atoms with Gasteiger partial charge in [-0.1, -0.05) is 22.9 Å². The van der Waals surface area contributed by atoms with E-state index in [1.807, 2.05) is 6.92 Å². The Morgan fingerprint density at radius 2 is 1.67 bits per heavy atom. The van der Waals surface area contributed by atoms with Gasteiger partial charge in [-0.25, -0.2) is 8.42 Å². The number of halogens is 1. The van der Waals surface area contributed by atoms with Crippen molar-refractivity contribution in [1.82, 2.24) is 5.32 Å². The Morgan fingerprint density at radius 1 is 1.00 bits per heavy atom. The van der Waals surface area contributed by atoms with Crippen LogP contribution in [0.3, 0.4) is 0 Å². The first-order valence-corrected chi connectivity index (χ1v) is 11.6. The normalized spacial score (nSPS) is 10.9. The molecule has 0 atom stereocenters. The topological polar surface area (TPSA) is 114 Å². The Bertz CT molecular complexity index is 994. The summed E-state index contributed by atoms with van der Waals surface area (Å²) in [6.45, 7) is 3.85. The van der Waals surface area contributed by atoms with Crippen molar-refractivity contribution >= 4 is 49.1 Å². The van der Waals surface area contributed by atoms with Crippen LogP contribution in [0, 0.1) is 0 Å². The van der Waals surface area contributed by atoms with Crippen LogP contribution in [-0.4, -0.2) is 33.4 Å². The number of hydrogen-bond donors (Lipinski definition) is 3. The zero-order valence-corrected chi connectivity index (χ0v) is 19.1. The molecule has 0 unspecified atom stereocenters. The van der Waals surface area contributed by atoms with Gasteiger partial charge in [0.15, 0.2) is 0 Å². The molecule has 0 fully saturated rings.